The molecule has 2 aromatic heterocycles. The summed E-state index contributed by atoms with van der Waals surface area (Å²) in [7, 11) is 0. The van der Waals surface area contributed by atoms with Crippen molar-refractivity contribution in [2.24, 2.45) is 0 Å². The highest BCUT2D eigenvalue weighted by atomic mass is 16.3. The van der Waals surface area contributed by atoms with E-state index >= 15 is 0 Å². The lowest BCUT2D eigenvalue weighted by Crippen LogP contribution is -2.00. The summed E-state index contributed by atoms with van der Waals surface area (Å²) in [5.41, 5.74) is 8.94. The molecule has 0 N–H and O–H groups in total. The van der Waals surface area contributed by atoms with Gasteiger partial charge in [-0.1, -0.05) is 152 Å². The predicted molar refractivity (Wildman–Crippen MR) is 192 cm³/mol. The van der Waals surface area contributed by atoms with Crippen LogP contribution >= 0.6 is 0 Å². The standard InChI is InChI=1S/C43H27N3O/c1-4-14-28(15-5-1)31-20-12-21-32(26-31)33-24-13-25-36-39-35-23-11-10-22-34(35)37(27-38(39)47-40(33)36)43-45-41(29-16-6-2-7-17-29)44-42(46-43)30-18-8-3-9-19-30/h1-27H. The summed E-state index contributed by atoms with van der Waals surface area (Å²) in [6, 6.07) is 56.2. The molecule has 47 heavy (non-hydrogen) atoms. The van der Waals surface area contributed by atoms with Crippen molar-refractivity contribution >= 4 is 32.7 Å². The smallest absolute Gasteiger partial charge is 0.164 e. The molecule has 0 bridgehead atoms. The Kier molecular flexibility index (Phi) is 6.43. The summed E-state index contributed by atoms with van der Waals surface area (Å²) < 4.78 is 6.81. The van der Waals surface area contributed by atoms with Gasteiger partial charge in [0.25, 0.3) is 0 Å². The van der Waals surface area contributed by atoms with Crippen LogP contribution in [0.2, 0.25) is 0 Å². The van der Waals surface area contributed by atoms with Gasteiger partial charge in [0.05, 0.1) is 0 Å². The third-order valence-corrected chi connectivity index (χ3v) is 8.73. The van der Waals surface area contributed by atoms with Gasteiger partial charge in [0.1, 0.15) is 11.2 Å². The number of benzene rings is 7. The monoisotopic (exact) mass is 601 g/mol. The van der Waals surface area contributed by atoms with Crippen LogP contribution < -0.4 is 0 Å². The summed E-state index contributed by atoms with van der Waals surface area (Å²) in [6.07, 6.45) is 0. The fourth-order valence-electron chi connectivity index (χ4n) is 6.50. The number of furan rings is 1. The van der Waals surface area contributed by atoms with Crippen LogP contribution in [0.15, 0.2) is 168 Å². The van der Waals surface area contributed by atoms with Gasteiger partial charge in [-0.15, -0.1) is 0 Å². The highest BCUT2D eigenvalue weighted by Gasteiger charge is 2.20. The van der Waals surface area contributed by atoms with E-state index in [2.05, 4.69) is 97.1 Å². The van der Waals surface area contributed by atoms with E-state index in [0.29, 0.717) is 17.5 Å². The Morgan fingerprint density at radius 1 is 0.340 bits per heavy atom. The van der Waals surface area contributed by atoms with Gasteiger partial charge in [-0.2, -0.15) is 0 Å². The Hall–Kier alpha value is -6.39. The van der Waals surface area contributed by atoms with Crippen molar-refractivity contribution in [2.45, 2.75) is 0 Å². The van der Waals surface area contributed by atoms with E-state index in [1.54, 1.807) is 0 Å². The third-order valence-electron chi connectivity index (χ3n) is 8.73. The van der Waals surface area contributed by atoms with Crippen LogP contribution in [0.4, 0.5) is 0 Å². The molecule has 0 aliphatic carbocycles. The molecule has 7 aromatic carbocycles. The zero-order valence-corrected chi connectivity index (χ0v) is 25.3. The van der Waals surface area contributed by atoms with Crippen LogP contribution in [-0.4, -0.2) is 15.0 Å². The SMILES string of the molecule is c1ccc(-c2cccc(-c3cccc4c3oc3cc(-c5nc(-c6ccccc6)nc(-c6ccccc6)n5)c5ccccc5c34)c2)cc1. The molecule has 0 radical (unpaired) electrons. The van der Waals surface area contributed by atoms with Gasteiger partial charge in [0.2, 0.25) is 0 Å². The van der Waals surface area contributed by atoms with E-state index in [0.717, 1.165) is 60.5 Å². The average Bonchev–Trinajstić information content (AvgIpc) is 3.54. The molecule has 220 valence electrons. The molecule has 4 nitrogen and oxygen atoms in total. The van der Waals surface area contributed by atoms with Crippen LogP contribution in [0.5, 0.6) is 0 Å². The zero-order chi connectivity index (χ0) is 31.2. The average molecular weight is 602 g/mol. The molecule has 0 saturated carbocycles. The Bertz CT molecular complexity index is 2500. The lowest BCUT2D eigenvalue weighted by atomic mass is 9.96. The molecule has 0 aliphatic rings. The number of para-hydroxylation sites is 1. The summed E-state index contributed by atoms with van der Waals surface area (Å²) in [5, 5.41) is 4.32. The first-order valence-corrected chi connectivity index (χ1v) is 15.7. The van der Waals surface area contributed by atoms with Crippen LogP contribution in [0.3, 0.4) is 0 Å². The third kappa shape index (κ3) is 4.75. The molecule has 0 atom stereocenters. The lowest BCUT2D eigenvalue weighted by Gasteiger charge is -2.11. The second-order valence-electron chi connectivity index (χ2n) is 11.6. The van der Waals surface area contributed by atoms with E-state index in [1.165, 1.54) is 11.1 Å². The van der Waals surface area contributed by atoms with E-state index < -0.39 is 0 Å². The molecule has 0 spiro atoms. The van der Waals surface area contributed by atoms with Crippen molar-refractivity contribution in [1.29, 1.82) is 0 Å². The fourth-order valence-corrected chi connectivity index (χ4v) is 6.50. The van der Waals surface area contributed by atoms with Crippen molar-refractivity contribution < 1.29 is 4.42 Å². The Balaban J connectivity index is 1.28. The molecule has 9 aromatic rings. The van der Waals surface area contributed by atoms with Gasteiger partial charge in [0, 0.05) is 33.0 Å². The number of rotatable bonds is 5. The van der Waals surface area contributed by atoms with Crippen molar-refractivity contribution in [2.75, 3.05) is 0 Å². The van der Waals surface area contributed by atoms with Crippen molar-refractivity contribution in [3.05, 3.63) is 164 Å². The van der Waals surface area contributed by atoms with Crippen LogP contribution in [-0.2, 0) is 0 Å². The molecule has 0 saturated heterocycles. The molecule has 0 aliphatic heterocycles. The Labute approximate surface area is 271 Å². The maximum atomic E-state index is 6.81. The maximum Gasteiger partial charge on any atom is 0.164 e. The fraction of sp³-hybridized carbons (Fsp3) is 0. The summed E-state index contributed by atoms with van der Waals surface area (Å²) in [5.74, 6) is 1.86. The van der Waals surface area contributed by atoms with E-state index in [1.807, 2.05) is 66.7 Å². The largest absolute Gasteiger partial charge is 0.455 e. The lowest BCUT2D eigenvalue weighted by molar-refractivity contribution is 0.670. The molecule has 4 heteroatoms. The predicted octanol–water partition coefficient (Wildman–Crippen LogP) is 11.3. The minimum atomic E-state index is 0.604. The first-order chi connectivity index (χ1) is 23.3. The van der Waals surface area contributed by atoms with E-state index in [-0.39, 0.29) is 0 Å². The number of nitrogens with zero attached hydrogens (tertiary/aromatic N) is 3. The number of aromatic nitrogens is 3. The molecule has 0 unspecified atom stereocenters. The van der Waals surface area contributed by atoms with Crippen molar-refractivity contribution in [3.8, 4) is 56.4 Å². The first-order valence-electron chi connectivity index (χ1n) is 15.7. The summed E-state index contributed by atoms with van der Waals surface area (Å²) in [4.78, 5) is 15.0. The van der Waals surface area contributed by atoms with Gasteiger partial charge in [0.15, 0.2) is 17.5 Å². The van der Waals surface area contributed by atoms with Crippen LogP contribution in [0, 0.1) is 0 Å². The van der Waals surface area contributed by atoms with Crippen molar-refractivity contribution in [3.63, 3.8) is 0 Å². The second kappa shape index (κ2) is 11.2. The molecular weight excluding hydrogens is 574 g/mol. The van der Waals surface area contributed by atoms with Gasteiger partial charge in [-0.25, -0.2) is 15.0 Å². The van der Waals surface area contributed by atoms with E-state index in [4.69, 9.17) is 19.4 Å². The Morgan fingerprint density at radius 3 is 1.53 bits per heavy atom. The normalized spacial score (nSPS) is 11.4. The second-order valence-corrected chi connectivity index (χ2v) is 11.6. The maximum absolute atomic E-state index is 6.81. The molecule has 0 amide bonds. The van der Waals surface area contributed by atoms with Gasteiger partial charge >= 0.3 is 0 Å². The summed E-state index contributed by atoms with van der Waals surface area (Å²) >= 11 is 0. The highest BCUT2D eigenvalue weighted by Crippen LogP contribution is 2.42. The zero-order valence-electron chi connectivity index (χ0n) is 25.3. The molecular formula is C43H27N3O. The molecule has 0 fully saturated rings. The van der Waals surface area contributed by atoms with Crippen molar-refractivity contribution in [1.82, 2.24) is 15.0 Å². The molecule has 9 rings (SSSR count). The number of fused-ring (bicyclic) bond motifs is 5. The number of hydrogen-bond acceptors (Lipinski definition) is 4. The Morgan fingerprint density at radius 2 is 0.851 bits per heavy atom. The molecule has 2 heterocycles. The van der Waals surface area contributed by atoms with Crippen LogP contribution in [0.25, 0.3) is 89.1 Å². The van der Waals surface area contributed by atoms with Gasteiger partial charge in [-0.05, 0) is 39.6 Å². The topological polar surface area (TPSA) is 51.8 Å². The quantitative estimate of drug-likeness (QED) is 0.197. The minimum absolute atomic E-state index is 0.604. The van der Waals surface area contributed by atoms with E-state index in [9.17, 15) is 0 Å². The number of hydrogen-bond donors (Lipinski definition) is 0. The minimum Gasteiger partial charge on any atom is -0.455 e. The highest BCUT2D eigenvalue weighted by molar-refractivity contribution is 6.23. The summed E-state index contributed by atoms with van der Waals surface area (Å²) in [6.45, 7) is 0. The van der Waals surface area contributed by atoms with Crippen LogP contribution in [0.1, 0.15) is 0 Å². The van der Waals surface area contributed by atoms with Gasteiger partial charge in [-0.3, -0.25) is 0 Å². The first kappa shape index (κ1) is 27.0. The van der Waals surface area contributed by atoms with Gasteiger partial charge < -0.3 is 4.42 Å².